The summed E-state index contributed by atoms with van der Waals surface area (Å²) in [5.74, 6) is 0.631. The van der Waals surface area contributed by atoms with Crippen LogP contribution in [0.4, 0.5) is 0 Å². The number of benzene rings is 14. The van der Waals surface area contributed by atoms with Crippen molar-refractivity contribution in [2.75, 3.05) is 0 Å². The van der Waals surface area contributed by atoms with Crippen molar-refractivity contribution in [3.8, 4) is 89.7 Å². The van der Waals surface area contributed by atoms with Crippen LogP contribution in [-0.2, 0) is 22.7 Å². The predicted molar refractivity (Wildman–Crippen MR) is 434 cm³/mol. The van der Waals surface area contributed by atoms with Crippen LogP contribution < -0.4 is 0 Å². The highest BCUT2D eigenvalue weighted by molar-refractivity contribution is 6.13. The molecule has 22 rings (SSSR count). The van der Waals surface area contributed by atoms with Gasteiger partial charge in [-0.1, -0.05) is 248 Å². The van der Waals surface area contributed by atoms with Crippen molar-refractivity contribution in [3.05, 3.63) is 342 Å². The molecule has 0 saturated carbocycles. The van der Waals surface area contributed by atoms with Crippen LogP contribution in [0.1, 0.15) is 92.1 Å². The smallest absolute Gasteiger partial charge is 0.235 e. The van der Waals surface area contributed by atoms with E-state index in [1.165, 1.54) is 144 Å². The van der Waals surface area contributed by atoms with E-state index < -0.39 is 0 Å². The SMILES string of the molecule is CC1(C)c2ccccc2-c2cc(-c3ccc4c(c3)c3ccccc3n4-c3ccc4nc(-n5c6ccccc6c6cc(-c7ccc8c(c7)-c7ccccc7C8(C)C)ccc65)nc(-c5ccc6c(c5)C=CC(n5c7ccccc7c7cc(-c8ccc9c(c8)-c8ccccc8C9(C)C)ccc75)C6)c4c3)ccc21. The molecule has 18 aromatic rings. The van der Waals surface area contributed by atoms with Gasteiger partial charge in [-0.25, -0.2) is 9.97 Å². The Labute approximate surface area is 604 Å². The first-order valence-electron chi connectivity index (χ1n) is 36.8. The molecule has 104 heavy (non-hydrogen) atoms. The maximum Gasteiger partial charge on any atom is 0.235 e. The average Bonchev–Trinajstić information content (AvgIpc) is 1.56. The topological polar surface area (TPSA) is 40.6 Å². The van der Waals surface area contributed by atoms with E-state index in [1.807, 2.05) is 0 Å². The second kappa shape index (κ2) is 21.3. The summed E-state index contributed by atoms with van der Waals surface area (Å²) in [6.07, 6.45) is 5.64. The lowest BCUT2D eigenvalue weighted by Crippen LogP contribution is -2.14. The summed E-state index contributed by atoms with van der Waals surface area (Å²) in [4.78, 5) is 11.5. The molecule has 5 nitrogen and oxygen atoms in total. The maximum absolute atomic E-state index is 5.86. The summed E-state index contributed by atoms with van der Waals surface area (Å²) >= 11 is 0. The van der Waals surface area contributed by atoms with Crippen molar-refractivity contribution in [3.63, 3.8) is 0 Å². The van der Waals surface area contributed by atoms with Gasteiger partial charge in [0, 0.05) is 76.2 Å². The molecule has 0 bridgehead atoms. The monoisotopic (exact) mass is 1330 g/mol. The first-order chi connectivity index (χ1) is 50.8. The van der Waals surface area contributed by atoms with Gasteiger partial charge < -0.3 is 9.13 Å². The fraction of sp³-hybridized carbons (Fsp3) is 0.111. The molecule has 4 aliphatic rings. The van der Waals surface area contributed by atoms with Crippen molar-refractivity contribution in [2.24, 2.45) is 0 Å². The molecule has 0 N–H and O–H groups in total. The first kappa shape index (κ1) is 59.3. The Morgan fingerprint density at radius 2 is 0.692 bits per heavy atom. The van der Waals surface area contributed by atoms with Gasteiger partial charge in [0.05, 0.1) is 39.3 Å². The van der Waals surface area contributed by atoms with Crippen LogP contribution >= 0.6 is 0 Å². The van der Waals surface area contributed by atoms with E-state index in [2.05, 4.69) is 359 Å². The number of rotatable bonds is 7. The minimum atomic E-state index is -0.0648. The van der Waals surface area contributed by atoms with Crippen LogP contribution in [0.25, 0.3) is 172 Å². The Kier molecular flexibility index (Phi) is 12.2. The number of hydrogen-bond acceptors (Lipinski definition) is 2. The van der Waals surface area contributed by atoms with Crippen molar-refractivity contribution in [2.45, 2.75) is 70.3 Å². The number of aromatic nitrogens is 5. The first-order valence-corrected chi connectivity index (χ1v) is 36.8. The highest BCUT2D eigenvalue weighted by Gasteiger charge is 2.38. The zero-order valence-electron chi connectivity index (χ0n) is 58.9. The molecular formula is C99H71N5. The summed E-state index contributed by atoms with van der Waals surface area (Å²) in [6.45, 7) is 14.1. The van der Waals surface area contributed by atoms with E-state index >= 15 is 0 Å². The van der Waals surface area contributed by atoms with Crippen molar-refractivity contribution in [1.29, 1.82) is 0 Å². The number of nitrogens with zero attached hydrogens (tertiary/aromatic N) is 5. The fourth-order valence-electron chi connectivity index (χ4n) is 19.4. The number of para-hydroxylation sites is 3. The molecule has 492 valence electrons. The molecule has 1 unspecified atom stereocenters. The molecule has 5 heteroatoms. The largest absolute Gasteiger partial charge is 0.333 e. The minimum absolute atomic E-state index is 0.0371. The molecular weight excluding hydrogens is 1260 g/mol. The van der Waals surface area contributed by atoms with Gasteiger partial charge >= 0.3 is 0 Å². The van der Waals surface area contributed by atoms with Crippen LogP contribution in [-0.4, -0.2) is 23.7 Å². The van der Waals surface area contributed by atoms with Gasteiger partial charge in [-0.15, -0.1) is 0 Å². The zero-order chi connectivity index (χ0) is 69.2. The molecule has 14 aromatic carbocycles. The lowest BCUT2D eigenvalue weighted by atomic mass is 9.82. The van der Waals surface area contributed by atoms with E-state index in [9.17, 15) is 0 Å². The zero-order valence-corrected chi connectivity index (χ0v) is 58.9. The molecule has 4 aliphatic carbocycles. The normalized spacial score (nSPS) is 15.5. The van der Waals surface area contributed by atoms with Crippen LogP contribution in [0.5, 0.6) is 0 Å². The quantitative estimate of drug-likeness (QED) is 0.160. The molecule has 0 aliphatic heterocycles. The number of allylic oxidation sites excluding steroid dienone is 1. The Balaban J connectivity index is 0.677. The van der Waals surface area contributed by atoms with Gasteiger partial charge in [0.2, 0.25) is 5.95 Å². The van der Waals surface area contributed by atoms with Crippen molar-refractivity contribution < 1.29 is 0 Å². The third-order valence-electron chi connectivity index (χ3n) is 24.6. The second-order valence-electron chi connectivity index (χ2n) is 31.2. The third kappa shape index (κ3) is 8.32. The summed E-state index contributed by atoms with van der Waals surface area (Å²) in [6, 6.07) is 110. The highest BCUT2D eigenvalue weighted by atomic mass is 15.2. The lowest BCUT2D eigenvalue weighted by molar-refractivity contribution is 0.635. The molecule has 0 amide bonds. The third-order valence-corrected chi connectivity index (χ3v) is 24.6. The van der Waals surface area contributed by atoms with Gasteiger partial charge in [0.15, 0.2) is 0 Å². The van der Waals surface area contributed by atoms with E-state index in [0.717, 1.165) is 67.1 Å². The molecule has 1 atom stereocenters. The van der Waals surface area contributed by atoms with Gasteiger partial charge in [0.1, 0.15) is 0 Å². The lowest BCUT2D eigenvalue weighted by Gasteiger charge is -2.24. The fourth-order valence-corrected chi connectivity index (χ4v) is 19.4. The van der Waals surface area contributed by atoms with Crippen molar-refractivity contribution in [1.82, 2.24) is 23.7 Å². The summed E-state index contributed by atoms with van der Waals surface area (Å²) in [5, 5.41) is 8.26. The summed E-state index contributed by atoms with van der Waals surface area (Å²) in [5.41, 5.74) is 36.7. The molecule has 0 saturated heterocycles. The summed E-state index contributed by atoms with van der Waals surface area (Å²) in [7, 11) is 0. The molecule has 4 aromatic heterocycles. The second-order valence-corrected chi connectivity index (χ2v) is 31.2. The number of hydrogen-bond donors (Lipinski definition) is 0. The van der Waals surface area contributed by atoms with Crippen LogP contribution in [0.3, 0.4) is 0 Å². The summed E-state index contributed by atoms with van der Waals surface area (Å²) < 4.78 is 7.31. The van der Waals surface area contributed by atoms with E-state index in [-0.39, 0.29) is 22.3 Å². The van der Waals surface area contributed by atoms with Crippen LogP contribution in [0.2, 0.25) is 0 Å². The molecule has 0 spiro atoms. The Morgan fingerprint density at radius 3 is 1.23 bits per heavy atom. The standard InChI is InChI=1S/C99H71N5/c1-97(2)82-25-13-7-19-69(82)75-51-60(34-42-85(75)97)63-37-46-92-78(54-63)72-22-10-16-28-89(72)102(92)67-40-33-58-49-66(32-31-59(58)50-67)95-81-57-68(103-90-29-17-11-23-73(90)79-55-64(38-47-93(79)103)61-35-43-86-76(52-61)70-20-8-14-26-83(70)98(86,3)4)41-45-88(81)100-96(101-95)104-91-30-18-12-24-74(91)80-56-65(39-48-94(80)104)62-36-44-87-77(53-62)71-21-9-15-27-84(71)99(87,5)6/h7-49,51-57,67H,50H2,1-6H3. The van der Waals surface area contributed by atoms with Gasteiger partial charge in [-0.05, 0) is 215 Å². The highest BCUT2D eigenvalue weighted by Crippen LogP contribution is 2.54. The van der Waals surface area contributed by atoms with E-state index in [4.69, 9.17) is 9.97 Å². The molecule has 0 radical (unpaired) electrons. The Hall–Kier alpha value is -12.4. The molecule has 4 heterocycles. The Bertz CT molecular complexity index is 6870. The Morgan fingerprint density at radius 1 is 0.298 bits per heavy atom. The van der Waals surface area contributed by atoms with Crippen LogP contribution in [0, 0.1) is 0 Å². The molecule has 0 fully saturated rings. The van der Waals surface area contributed by atoms with E-state index in [1.54, 1.807) is 0 Å². The average molecular weight is 1330 g/mol. The predicted octanol–water partition coefficient (Wildman–Crippen LogP) is 25.3. The van der Waals surface area contributed by atoms with Crippen LogP contribution in [0.15, 0.2) is 297 Å². The number of fused-ring (bicyclic) bond motifs is 20. The minimum Gasteiger partial charge on any atom is -0.333 e. The van der Waals surface area contributed by atoms with E-state index in [0.29, 0.717) is 5.95 Å². The maximum atomic E-state index is 5.86. The van der Waals surface area contributed by atoms with Crippen molar-refractivity contribution >= 4 is 82.4 Å². The van der Waals surface area contributed by atoms with Gasteiger partial charge in [-0.2, -0.15) is 0 Å². The van der Waals surface area contributed by atoms with Gasteiger partial charge in [-0.3, -0.25) is 4.57 Å². The van der Waals surface area contributed by atoms with Gasteiger partial charge in [0.25, 0.3) is 0 Å².